The topological polar surface area (TPSA) is 58.5 Å². The molecule has 0 amide bonds. The van der Waals surface area contributed by atoms with Crippen molar-refractivity contribution < 1.29 is 4.74 Å². The number of aromatic nitrogens is 1. The molecule has 5 nitrogen and oxygen atoms in total. The van der Waals surface area contributed by atoms with Crippen molar-refractivity contribution in [3.8, 4) is 0 Å². The van der Waals surface area contributed by atoms with Crippen LogP contribution in [0.2, 0.25) is 0 Å². The number of nitrogens with zero attached hydrogens (tertiary/aromatic N) is 2. The number of rotatable bonds is 4. The zero-order valence-electron chi connectivity index (χ0n) is 11.1. The summed E-state index contributed by atoms with van der Waals surface area (Å²) in [5, 5.41) is 9.99. The zero-order valence-corrected chi connectivity index (χ0v) is 11.9. The van der Waals surface area contributed by atoms with Gasteiger partial charge in [-0.1, -0.05) is 0 Å². The molecule has 0 spiro atoms. The number of nitrogens with one attached hydrogen (secondary N) is 2. The lowest BCUT2D eigenvalue weighted by atomic mass is 9.96. The Morgan fingerprint density at radius 3 is 3.16 bits per heavy atom. The number of guanidine groups is 1. The fourth-order valence-corrected chi connectivity index (χ4v) is 3.44. The predicted molar refractivity (Wildman–Crippen MR) is 76.6 cm³/mol. The number of thiazole rings is 1. The van der Waals surface area contributed by atoms with Gasteiger partial charge in [0.15, 0.2) is 5.96 Å². The van der Waals surface area contributed by atoms with Crippen molar-refractivity contribution in [2.24, 2.45) is 4.99 Å². The summed E-state index contributed by atoms with van der Waals surface area (Å²) in [5.41, 5.74) is 0. The van der Waals surface area contributed by atoms with Gasteiger partial charge in [-0.3, -0.25) is 4.99 Å². The lowest BCUT2D eigenvalue weighted by Crippen LogP contribution is -2.47. The van der Waals surface area contributed by atoms with E-state index in [1.54, 1.807) is 11.3 Å². The van der Waals surface area contributed by atoms with Gasteiger partial charge in [0, 0.05) is 31.6 Å². The Bertz CT molecular complexity index is 434. The van der Waals surface area contributed by atoms with E-state index in [1.165, 1.54) is 12.8 Å². The van der Waals surface area contributed by atoms with Gasteiger partial charge in [-0.05, 0) is 19.3 Å². The normalized spacial score (nSPS) is 29.7. The first kappa shape index (κ1) is 12.9. The second-order valence-electron chi connectivity index (χ2n) is 5.04. The molecule has 3 heterocycles. The molecule has 0 aromatic carbocycles. The Labute approximate surface area is 117 Å². The molecule has 3 atom stereocenters. The minimum Gasteiger partial charge on any atom is -0.373 e. The van der Waals surface area contributed by atoms with Gasteiger partial charge in [-0.2, -0.15) is 0 Å². The monoisotopic (exact) mass is 280 g/mol. The molecule has 6 heteroatoms. The standard InChI is InChI=1S/C13H20N4OS/c1-14-13(16-5-4-12-15-6-7-19-12)17-10-8-9-2-3-11(10)18-9/h6-7,9-11H,2-5,8H2,1H3,(H2,14,16,17). The second kappa shape index (κ2) is 5.88. The molecule has 1 aromatic rings. The van der Waals surface area contributed by atoms with E-state index >= 15 is 0 Å². The molecule has 2 N–H and O–H groups in total. The van der Waals surface area contributed by atoms with Crippen LogP contribution in [-0.4, -0.2) is 42.8 Å². The largest absolute Gasteiger partial charge is 0.373 e. The van der Waals surface area contributed by atoms with Crippen LogP contribution in [0.1, 0.15) is 24.3 Å². The Hall–Kier alpha value is -1.14. The SMILES string of the molecule is CN=C(NCCc1nccs1)NC1CC2CCC1O2. The van der Waals surface area contributed by atoms with Gasteiger partial charge in [0.25, 0.3) is 0 Å². The molecular formula is C13H20N4OS. The molecule has 0 saturated carbocycles. The summed E-state index contributed by atoms with van der Waals surface area (Å²) >= 11 is 1.69. The zero-order chi connectivity index (χ0) is 13.1. The van der Waals surface area contributed by atoms with E-state index < -0.39 is 0 Å². The molecule has 104 valence electrons. The van der Waals surface area contributed by atoms with Gasteiger partial charge in [0.2, 0.25) is 0 Å². The Morgan fingerprint density at radius 1 is 1.58 bits per heavy atom. The average Bonchev–Trinajstić information content (AvgIpc) is 3.14. The highest BCUT2D eigenvalue weighted by atomic mass is 32.1. The summed E-state index contributed by atoms with van der Waals surface area (Å²) < 4.78 is 5.84. The molecule has 3 unspecified atom stereocenters. The van der Waals surface area contributed by atoms with Gasteiger partial charge in [0.1, 0.15) is 0 Å². The molecule has 3 rings (SSSR count). The van der Waals surface area contributed by atoms with Crippen molar-refractivity contribution in [2.45, 2.75) is 43.9 Å². The summed E-state index contributed by atoms with van der Waals surface area (Å²) in [6, 6.07) is 0.421. The first-order valence-electron chi connectivity index (χ1n) is 6.86. The summed E-state index contributed by atoms with van der Waals surface area (Å²) in [5.74, 6) is 0.873. The maximum Gasteiger partial charge on any atom is 0.191 e. The molecule has 2 saturated heterocycles. The summed E-state index contributed by atoms with van der Waals surface area (Å²) in [6.07, 6.45) is 7.14. The molecule has 2 fully saturated rings. The third-order valence-electron chi connectivity index (χ3n) is 3.77. The van der Waals surface area contributed by atoms with Crippen LogP contribution in [0.15, 0.2) is 16.6 Å². The highest BCUT2D eigenvalue weighted by molar-refractivity contribution is 7.09. The third kappa shape index (κ3) is 3.06. The highest BCUT2D eigenvalue weighted by Gasteiger charge is 2.40. The fourth-order valence-electron chi connectivity index (χ4n) is 2.82. The number of fused-ring (bicyclic) bond motifs is 2. The van der Waals surface area contributed by atoms with E-state index in [2.05, 4.69) is 20.6 Å². The Kier molecular flexibility index (Phi) is 3.98. The van der Waals surface area contributed by atoms with Crippen molar-refractivity contribution in [2.75, 3.05) is 13.6 Å². The van der Waals surface area contributed by atoms with Crippen LogP contribution in [0.25, 0.3) is 0 Å². The molecule has 2 bridgehead atoms. The predicted octanol–water partition coefficient (Wildman–Crippen LogP) is 1.17. The van der Waals surface area contributed by atoms with Crippen molar-refractivity contribution in [1.29, 1.82) is 0 Å². The van der Waals surface area contributed by atoms with Crippen molar-refractivity contribution >= 4 is 17.3 Å². The summed E-state index contributed by atoms with van der Waals surface area (Å²) in [6.45, 7) is 0.856. The lowest BCUT2D eigenvalue weighted by Gasteiger charge is -2.22. The maximum absolute atomic E-state index is 5.84. The summed E-state index contributed by atoms with van der Waals surface area (Å²) in [4.78, 5) is 8.55. The molecule has 2 aliphatic heterocycles. The lowest BCUT2D eigenvalue weighted by molar-refractivity contribution is 0.0992. The van der Waals surface area contributed by atoms with Gasteiger partial charge >= 0.3 is 0 Å². The van der Waals surface area contributed by atoms with E-state index in [9.17, 15) is 0 Å². The summed E-state index contributed by atoms with van der Waals surface area (Å²) in [7, 11) is 1.81. The molecule has 2 aliphatic rings. The molecule has 1 aromatic heterocycles. The van der Waals surface area contributed by atoms with Crippen LogP contribution < -0.4 is 10.6 Å². The van der Waals surface area contributed by atoms with Crippen molar-refractivity contribution in [3.05, 3.63) is 16.6 Å². The average molecular weight is 280 g/mol. The van der Waals surface area contributed by atoms with Crippen LogP contribution in [-0.2, 0) is 11.2 Å². The molecule has 0 aliphatic carbocycles. The third-order valence-corrected chi connectivity index (χ3v) is 4.61. The van der Waals surface area contributed by atoms with Crippen LogP contribution in [0, 0.1) is 0 Å². The van der Waals surface area contributed by atoms with E-state index in [0.29, 0.717) is 18.2 Å². The van der Waals surface area contributed by atoms with E-state index in [0.717, 1.165) is 30.4 Å². The fraction of sp³-hybridized carbons (Fsp3) is 0.692. The van der Waals surface area contributed by atoms with Crippen molar-refractivity contribution in [3.63, 3.8) is 0 Å². The van der Waals surface area contributed by atoms with Gasteiger partial charge in [-0.15, -0.1) is 11.3 Å². The van der Waals surface area contributed by atoms with Gasteiger partial charge in [0.05, 0.1) is 23.3 Å². The quantitative estimate of drug-likeness (QED) is 0.642. The molecular weight excluding hydrogens is 260 g/mol. The first-order chi connectivity index (χ1) is 9.35. The molecule has 19 heavy (non-hydrogen) atoms. The van der Waals surface area contributed by atoms with E-state index in [1.807, 2.05) is 18.6 Å². The van der Waals surface area contributed by atoms with E-state index in [4.69, 9.17) is 4.74 Å². The maximum atomic E-state index is 5.84. The molecule has 0 radical (unpaired) electrons. The van der Waals surface area contributed by atoms with Gasteiger partial charge in [-0.25, -0.2) is 4.98 Å². The van der Waals surface area contributed by atoms with Crippen LogP contribution in [0.5, 0.6) is 0 Å². The Morgan fingerprint density at radius 2 is 2.53 bits per heavy atom. The van der Waals surface area contributed by atoms with Crippen LogP contribution in [0.4, 0.5) is 0 Å². The minimum absolute atomic E-state index is 0.377. The van der Waals surface area contributed by atoms with E-state index in [-0.39, 0.29) is 0 Å². The minimum atomic E-state index is 0.377. The smallest absolute Gasteiger partial charge is 0.191 e. The van der Waals surface area contributed by atoms with Crippen LogP contribution >= 0.6 is 11.3 Å². The van der Waals surface area contributed by atoms with Crippen LogP contribution in [0.3, 0.4) is 0 Å². The Balaban J connectivity index is 1.43. The van der Waals surface area contributed by atoms with Crippen molar-refractivity contribution in [1.82, 2.24) is 15.6 Å². The van der Waals surface area contributed by atoms with Gasteiger partial charge < -0.3 is 15.4 Å². The highest BCUT2D eigenvalue weighted by Crippen LogP contribution is 2.34. The second-order valence-corrected chi connectivity index (χ2v) is 6.01. The number of ether oxygens (including phenoxy) is 1. The number of hydrogen-bond donors (Lipinski definition) is 2. The number of hydrogen-bond acceptors (Lipinski definition) is 4. The first-order valence-corrected chi connectivity index (χ1v) is 7.74. The number of aliphatic imine (C=N–C) groups is 1.